The van der Waals surface area contributed by atoms with Crippen molar-refractivity contribution in [3.05, 3.63) is 24.4 Å². The molecule has 0 aliphatic carbocycles. The molecule has 0 bridgehead atoms. The molecule has 0 aromatic carbocycles. The molecule has 6 heteroatoms. The standard InChI is InChI=1S/C15H19N3O3/c1-15(14(20)17-8-6-11(10-17)21-2)9-13(19)16-12-5-3-4-7-18(12)15/h3-5,7,11H,6,8-10H2,1-2H3. The quantitative estimate of drug-likeness (QED) is 0.751. The molecule has 0 saturated carbocycles. The van der Waals surface area contributed by atoms with Crippen molar-refractivity contribution in [2.45, 2.75) is 31.4 Å². The van der Waals surface area contributed by atoms with Crippen molar-refractivity contribution in [1.29, 1.82) is 0 Å². The van der Waals surface area contributed by atoms with E-state index in [4.69, 9.17) is 4.74 Å². The van der Waals surface area contributed by atoms with Crippen LogP contribution in [0, 0.1) is 0 Å². The van der Waals surface area contributed by atoms with E-state index in [1.165, 1.54) is 0 Å². The minimum Gasteiger partial charge on any atom is -0.380 e. The lowest BCUT2D eigenvalue weighted by Gasteiger charge is -2.43. The Balaban J connectivity index is 1.87. The number of carbonyl (C=O) groups is 2. The maximum absolute atomic E-state index is 12.9. The van der Waals surface area contributed by atoms with Gasteiger partial charge in [0.25, 0.3) is 5.91 Å². The lowest BCUT2D eigenvalue weighted by atomic mass is 9.90. The lowest BCUT2D eigenvalue weighted by molar-refractivity contribution is -0.143. The van der Waals surface area contributed by atoms with Crippen LogP contribution in [-0.4, -0.2) is 59.3 Å². The Hall–Kier alpha value is -1.95. The van der Waals surface area contributed by atoms with Crippen LogP contribution in [0.25, 0.3) is 0 Å². The normalized spacial score (nSPS) is 31.4. The molecule has 0 spiro atoms. The minimum atomic E-state index is -0.905. The Morgan fingerprint density at radius 1 is 1.48 bits per heavy atom. The molecule has 0 aromatic heterocycles. The van der Waals surface area contributed by atoms with Gasteiger partial charge < -0.3 is 14.5 Å². The van der Waals surface area contributed by atoms with Crippen LogP contribution < -0.4 is 0 Å². The average molecular weight is 289 g/mol. The highest BCUT2D eigenvalue weighted by molar-refractivity contribution is 6.09. The topological polar surface area (TPSA) is 62.2 Å². The van der Waals surface area contributed by atoms with Gasteiger partial charge >= 0.3 is 0 Å². The molecule has 1 saturated heterocycles. The van der Waals surface area contributed by atoms with Crippen LogP contribution in [0.1, 0.15) is 19.8 Å². The maximum Gasteiger partial charge on any atom is 0.250 e. The van der Waals surface area contributed by atoms with E-state index in [2.05, 4.69) is 4.99 Å². The molecule has 0 radical (unpaired) electrons. The van der Waals surface area contributed by atoms with E-state index in [0.717, 1.165) is 6.42 Å². The third-order valence-corrected chi connectivity index (χ3v) is 4.33. The smallest absolute Gasteiger partial charge is 0.250 e. The van der Waals surface area contributed by atoms with Gasteiger partial charge in [0.05, 0.1) is 12.5 Å². The van der Waals surface area contributed by atoms with Gasteiger partial charge in [-0.25, -0.2) is 0 Å². The molecule has 2 atom stereocenters. The van der Waals surface area contributed by atoms with E-state index in [1.54, 1.807) is 23.0 Å². The zero-order valence-corrected chi connectivity index (χ0v) is 12.3. The number of aliphatic imine (C=N–C) groups is 1. The number of carbonyl (C=O) groups excluding carboxylic acids is 2. The Morgan fingerprint density at radius 2 is 2.29 bits per heavy atom. The molecule has 0 aromatic rings. The molecular weight excluding hydrogens is 270 g/mol. The number of hydrogen-bond acceptors (Lipinski definition) is 4. The fourth-order valence-electron chi connectivity index (χ4n) is 3.11. The number of methoxy groups -OCH3 is 1. The van der Waals surface area contributed by atoms with Crippen molar-refractivity contribution < 1.29 is 14.3 Å². The summed E-state index contributed by atoms with van der Waals surface area (Å²) >= 11 is 0. The van der Waals surface area contributed by atoms with Gasteiger partial charge in [0, 0.05) is 26.4 Å². The number of amides is 2. The Morgan fingerprint density at radius 3 is 3.00 bits per heavy atom. The first kappa shape index (κ1) is 14.0. The zero-order chi connectivity index (χ0) is 15.0. The van der Waals surface area contributed by atoms with Crippen molar-refractivity contribution in [3.8, 4) is 0 Å². The van der Waals surface area contributed by atoms with Crippen LogP contribution in [0.3, 0.4) is 0 Å². The highest BCUT2D eigenvalue weighted by Gasteiger charge is 2.48. The fourth-order valence-corrected chi connectivity index (χ4v) is 3.11. The summed E-state index contributed by atoms with van der Waals surface area (Å²) < 4.78 is 5.32. The predicted octanol–water partition coefficient (Wildman–Crippen LogP) is 0.707. The minimum absolute atomic E-state index is 0.0391. The van der Waals surface area contributed by atoms with E-state index < -0.39 is 5.54 Å². The van der Waals surface area contributed by atoms with Crippen LogP contribution in [0.5, 0.6) is 0 Å². The first-order chi connectivity index (χ1) is 10.0. The first-order valence-electron chi connectivity index (χ1n) is 7.12. The third kappa shape index (κ3) is 2.29. The summed E-state index contributed by atoms with van der Waals surface area (Å²) in [7, 11) is 1.66. The fraction of sp³-hybridized carbons (Fsp3) is 0.533. The Labute approximate surface area is 123 Å². The van der Waals surface area contributed by atoms with E-state index in [-0.39, 0.29) is 24.3 Å². The van der Waals surface area contributed by atoms with E-state index >= 15 is 0 Å². The van der Waals surface area contributed by atoms with Gasteiger partial charge in [-0.3, -0.25) is 9.59 Å². The second kappa shape index (κ2) is 5.11. The third-order valence-electron chi connectivity index (χ3n) is 4.33. The van der Waals surface area contributed by atoms with Crippen molar-refractivity contribution >= 4 is 17.6 Å². The molecule has 3 heterocycles. The molecule has 3 aliphatic rings. The SMILES string of the molecule is COC1CCN(C(=O)C2(C)CC(=O)N=C3C=CC=CN32)C1. The molecule has 2 amide bonds. The number of allylic oxidation sites excluding steroid dienone is 2. The molecule has 0 N–H and O–H groups in total. The van der Waals surface area contributed by atoms with Gasteiger partial charge in [0.2, 0.25) is 5.91 Å². The van der Waals surface area contributed by atoms with Crippen LogP contribution in [0.4, 0.5) is 0 Å². The van der Waals surface area contributed by atoms with E-state index in [9.17, 15) is 9.59 Å². The molecule has 21 heavy (non-hydrogen) atoms. The van der Waals surface area contributed by atoms with Gasteiger partial charge in [0.1, 0.15) is 11.4 Å². The number of fused-ring (bicyclic) bond motifs is 1. The van der Waals surface area contributed by atoms with Crippen molar-refractivity contribution in [2.75, 3.05) is 20.2 Å². The molecule has 112 valence electrons. The van der Waals surface area contributed by atoms with Gasteiger partial charge in [-0.15, -0.1) is 0 Å². The van der Waals surface area contributed by atoms with Crippen LogP contribution >= 0.6 is 0 Å². The van der Waals surface area contributed by atoms with Gasteiger partial charge in [-0.05, 0) is 25.5 Å². The second-order valence-electron chi connectivity index (χ2n) is 5.78. The number of ether oxygens (including phenoxy) is 1. The molecular formula is C15H19N3O3. The molecule has 2 unspecified atom stereocenters. The van der Waals surface area contributed by atoms with Crippen molar-refractivity contribution in [2.24, 2.45) is 4.99 Å². The van der Waals surface area contributed by atoms with E-state index in [1.807, 2.05) is 25.3 Å². The summed E-state index contributed by atoms with van der Waals surface area (Å²) in [5, 5.41) is 0. The molecule has 1 fully saturated rings. The number of nitrogens with zero attached hydrogens (tertiary/aromatic N) is 3. The van der Waals surface area contributed by atoms with E-state index in [0.29, 0.717) is 18.9 Å². The summed E-state index contributed by atoms with van der Waals surface area (Å²) in [5.74, 6) is 0.245. The van der Waals surface area contributed by atoms with Crippen LogP contribution in [0.2, 0.25) is 0 Å². The van der Waals surface area contributed by atoms with Crippen LogP contribution in [0.15, 0.2) is 29.4 Å². The number of amidine groups is 1. The van der Waals surface area contributed by atoms with Crippen molar-refractivity contribution in [1.82, 2.24) is 9.80 Å². The molecule has 3 aliphatic heterocycles. The van der Waals surface area contributed by atoms with Crippen molar-refractivity contribution in [3.63, 3.8) is 0 Å². The monoisotopic (exact) mass is 289 g/mol. The summed E-state index contributed by atoms with van der Waals surface area (Å²) in [5.41, 5.74) is -0.905. The Kier molecular flexibility index (Phi) is 3.41. The highest BCUT2D eigenvalue weighted by atomic mass is 16.5. The second-order valence-corrected chi connectivity index (χ2v) is 5.78. The summed E-state index contributed by atoms with van der Waals surface area (Å²) in [6.07, 6.45) is 8.25. The van der Waals surface area contributed by atoms with Crippen LogP contribution in [-0.2, 0) is 14.3 Å². The number of hydrogen-bond donors (Lipinski definition) is 0. The lowest BCUT2D eigenvalue weighted by Crippen LogP contribution is -2.60. The van der Waals surface area contributed by atoms with Gasteiger partial charge in [0.15, 0.2) is 0 Å². The predicted molar refractivity (Wildman–Crippen MR) is 77.6 cm³/mol. The molecule has 3 rings (SSSR count). The summed E-state index contributed by atoms with van der Waals surface area (Å²) in [6, 6.07) is 0. The molecule has 6 nitrogen and oxygen atoms in total. The summed E-state index contributed by atoms with van der Waals surface area (Å²) in [4.78, 5) is 32.5. The highest BCUT2D eigenvalue weighted by Crippen LogP contribution is 2.31. The average Bonchev–Trinajstić information content (AvgIpc) is 2.95. The first-order valence-corrected chi connectivity index (χ1v) is 7.12. The largest absolute Gasteiger partial charge is 0.380 e. The number of likely N-dealkylation sites (tertiary alicyclic amines) is 1. The summed E-state index contributed by atoms with van der Waals surface area (Å²) in [6.45, 7) is 3.06. The van der Waals surface area contributed by atoms with Gasteiger partial charge in [-0.1, -0.05) is 6.08 Å². The maximum atomic E-state index is 12.9. The zero-order valence-electron chi connectivity index (χ0n) is 12.3. The number of rotatable bonds is 2. The Bertz CT molecular complexity index is 567. The van der Waals surface area contributed by atoms with Gasteiger partial charge in [-0.2, -0.15) is 4.99 Å².